The van der Waals surface area contributed by atoms with Crippen LogP contribution in [-0.2, 0) is 19.6 Å². The van der Waals surface area contributed by atoms with Gasteiger partial charge in [0.25, 0.3) is 0 Å². The first-order valence-corrected chi connectivity index (χ1v) is 8.83. The van der Waals surface area contributed by atoms with Gasteiger partial charge in [-0.1, -0.05) is 6.92 Å². The summed E-state index contributed by atoms with van der Waals surface area (Å²) in [4.78, 5) is 24.7. The number of nitrogens with zero attached hydrogens (tertiary/aromatic N) is 2. The van der Waals surface area contributed by atoms with Crippen LogP contribution in [0.4, 0.5) is 0 Å². The van der Waals surface area contributed by atoms with Crippen molar-refractivity contribution in [3.8, 4) is 0 Å². The van der Waals surface area contributed by atoms with Gasteiger partial charge in [0.2, 0.25) is 15.9 Å². The van der Waals surface area contributed by atoms with Crippen molar-refractivity contribution in [1.29, 1.82) is 0 Å². The molecule has 0 aliphatic carbocycles. The number of hydrogen-bond acceptors (Lipinski definition) is 4. The van der Waals surface area contributed by atoms with E-state index in [1.807, 2.05) is 0 Å². The lowest BCUT2D eigenvalue weighted by Crippen LogP contribution is -2.51. The van der Waals surface area contributed by atoms with E-state index in [1.165, 1.54) is 9.21 Å². The Bertz CT molecular complexity index is 489. The van der Waals surface area contributed by atoms with E-state index < -0.39 is 34.5 Å². The minimum Gasteiger partial charge on any atom is -0.480 e. The van der Waals surface area contributed by atoms with Gasteiger partial charge < -0.3 is 10.0 Å². The van der Waals surface area contributed by atoms with Gasteiger partial charge in [0.15, 0.2) is 0 Å². The quantitative estimate of drug-likeness (QED) is 0.737. The predicted octanol–water partition coefficient (Wildman–Crippen LogP) is 0.512. The maximum absolute atomic E-state index is 12.5. The normalized spacial score (nSPS) is 19.9. The minimum absolute atomic E-state index is 0.0113. The Morgan fingerprint density at radius 2 is 2.00 bits per heavy atom. The summed E-state index contributed by atoms with van der Waals surface area (Å²) in [7, 11) is -3.45. The van der Waals surface area contributed by atoms with Crippen molar-refractivity contribution in [3.63, 3.8) is 0 Å². The highest BCUT2D eigenvalue weighted by Gasteiger charge is 2.40. The second-order valence-corrected chi connectivity index (χ2v) is 7.58. The number of hydrogen-bond donors (Lipinski definition) is 1. The number of carboxylic acid groups (broad SMARTS) is 1. The third-order valence-electron chi connectivity index (χ3n) is 3.52. The molecule has 0 bridgehead atoms. The molecule has 8 heteroatoms. The highest BCUT2D eigenvalue weighted by Crippen LogP contribution is 2.24. The minimum atomic E-state index is -3.45. The second kappa shape index (κ2) is 7.22. The Hall–Kier alpha value is -1.15. The summed E-state index contributed by atoms with van der Waals surface area (Å²) < 4.78 is 25.6. The van der Waals surface area contributed by atoms with E-state index in [1.54, 1.807) is 20.8 Å². The molecule has 0 aromatic carbocycles. The van der Waals surface area contributed by atoms with Crippen molar-refractivity contribution in [2.45, 2.75) is 52.1 Å². The van der Waals surface area contributed by atoms with Gasteiger partial charge in [-0.05, 0) is 33.1 Å². The maximum Gasteiger partial charge on any atom is 0.323 e. The third-order valence-corrected chi connectivity index (χ3v) is 5.60. The zero-order valence-corrected chi connectivity index (χ0v) is 13.6. The fourth-order valence-corrected chi connectivity index (χ4v) is 4.29. The molecule has 1 fully saturated rings. The topological polar surface area (TPSA) is 95.0 Å². The van der Waals surface area contributed by atoms with Gasteiger partial charge >= 0.3 is 5.97 Å². The smallest absolute Gasteiger partial charge is 0.323 e. The largest absolute Gasteiger partial charge is 0.480 e. The molecule has 1 heterocycles. The molecule has 0 saturated carbocycles. The van der Waals surface area contributed by atoms with Gasteiger partial charge in [0, 0.05) is 12.6 Å². The molecule has 1 unspecified atom stereocenters. The molecule has 1 N–H and O–H groups in total. The average molecular weight is 320 g/mol. The summed E-state index contributed by atoms with van der Waals surface area (Å²) in [5.41, 5.74) is 0. The van der Waals surface area contributed by atoms with Gasteiger partial charge in [-0.2, -0.15) is 4.31 Å². The van der Waals surface area contributed by atoms with Crippen molar-refractivity contribution < 1.29 is 23.1 Å². The van der Waals surface area contributed by atoms with Crippen LogP contribution in [0.1, 0.15) is 40.0 Å². The summed E-state index contributed by atoms with van der Waals surface area (Å²) in [6, 6.07) is -1.05. The first kappa shape index (κ1) is 17.9. The van der Waals surface area contributed by atoms with Crippen molar-refractivity contribution in [2.24, 2.45) is 0 Å². The van der Waals surface area contributed by atoms with E-state index in [0.29, 0.717) is 25.8 Å². The van der Waals surface area contributed by atoms with E-state index in [4.69, 9.17) is 5.11 Å². The lowest BCUT2D eigenvalue weighted by atomic mass is 10.1. The molecule has 0 radical (unpaired) electrons. The molecule has 1 saturated heterocycles. The lowest BCUT2D eigenvalue weighted by molar-refractivity contribution is -0.147. The lowest BCUT2D eigenvalue weighted by Gasteiger charge is -2.31. The molecule has 1 amide bonds. The first-order chi connectivity index (χ1) is 9.70. The highest BCUT2D eigenvalue weighted by molar-refractivity contribution is 7.89. The summed E-state index contributed by atoms with van der Waals surface area (Å²) in [6.45, 7) is 5.14. The highest BCUT2D eigenvalue weighted by atomic mass is 32.2. The van der Waals surface area contributed by atoms with E-state index in [-0.39, 0.29) is 11.8 Å². The van der Waals surface area contributed by atoms with E-state index in [9.17, 15) is 18.0 Å². The Kier molecular flexibility index (Phi) is 6.15. The van der Waals surface area contributed by atoms with E-state index in [0.717, 1.165) is 0 Å². The molecular formula is C13H24N2O5S. The van der Waals surface area contributed by atoms with Crippen LogP contribution < -0.4 is 0 Å². The molecule has 21 heavy (non-hydrogen) atoms. The van der Waals surface area contributed by atoms with Crippen molar-refractivity contribution in [3.05, 3.63) is 0 Å². The SMILES string of the molecule is CCCS(=O)(=O)N1CCCC1C(=O)N(CC(=O)O)C(C)C. The Morgan fingerprint density at radius 1 is 1.38 bits per heavy atom. The summed E-state index contributed by atoms with van der Waals surface area (Å²) in [5.74, 6) is -1.50. The molecule has 0 spiro atoms. The zero-order valence-electron chi connectivity index (χ0n) is 12.8. The number of sulfonamides is 1. The average Bonchev–Trinajstić information content (AvgIpc) is 2.84. The molecule has 1 atom stereocenters. The fraction of sp³-hybridized carbons (Fsp3) is 0.846. The van der Waals surface area contributed by atoms with Crippen LogP contribution in [-0.4, -0.2) is 65.5 Å². The zero-order chi connectivity index (χ0) is 16.2. The summed E-state index contributed by atoms with van der Waals surface area (Å²) in [5, 5.41) is 8.91. The molecule has 1 rings (SSSR count). The third kappa shape index (κ3) is 4.41. The number of carboxylic acids is 1. The molecule has 0 aromatic heterocycles. The summed E-state index contributed by atoms with van der Waals surface area (Å²) >= 11 is 0. The number of carbonyl (C=O) groups is 2. The van der Waals surface area contributed by atoms with Crippen LogP contribution in [0.15, 0.2) is 0 Å². The van der Waals surface area contributed by atoms with Gasteiger partial charge in [-0.15, -0.1) is 0 Å². The molecule has 1 aliphatic rings. The number of amides is 1. The predicted molar refractivity (Wildman–Crippen MR) is 78.3 cm³/mol. The van der Waals surface area contributed by atoms with Crippen LogP contribution in [0.2, 0.25) is 0 Å². The van der Waals surface area contributed by atoms with Crippen molar-refractivity contribution in [1.82, 2.24) is 9.21 Å². The van der Waals surface area contributed by atoms with Crippen molar-refractivity contribution >= 4 is 21.9 Å². The van der Waals surface area contributed by atoms with E-state index >= 15 is 0 Å². The second-order valence-electron chi connectivity index (χ2n) is 5.54. The van der Waals surface area contributed by atoms with Crippen LogP contribution in [0.5, 0.6) is 0 Å². The van der Waals surface area contributed by atoms with E-state index in [2.05, 4.69) is 0 Å². The van der Waals surface area contributed by atoms with Gasteiger partial charge in [0.05, 0.1) is 5.75 Å². The fourth-order valence-electron chi connectivity index (χ4n) is 2.55. The first-order valence-electron chi connectivity index (χ1n) is 7.22. The molecule has 1 aliphatic heterocycles. The molecule has 122 valence electrons. The Morgan fingerprint density at radius 3 is 2.48 bits per heavy atom. The molecule has 0 aromatic rings. The molecular weight excluding hydrogens is 296 g/mol. The standard InChI is InChI=1S/C13H24N2O5S/c1-4-8-21(19,20)15-7-5-6-11(15)13(18)14(10(2)3)9-12(16)17/h10-11H,4-9H2,1-3H3,(H,16,17). The van der Waals surface area contributed by atoms with Crippen LogP contribution in [0.25, 0.3) is 0 Å². The Labute approximate surface area is 126 Å². The van der Waals surface area contributed by atoms with Crippen LogP contribution >= 0.6 is 0 Å². The number of rotatable bonds is 7. The van der Waals surface area contributed by atoms with Crippen LogP contribution in [0.3, 0.4) is 0 Å². The number of carbonyl (C=O) groups excluding carboxylic acids is 1. The monoisotopic (exact) mass is 320 g/mol. The van der Waals surface area contributed by atoms with Gasteiger partial charge in [-0.3, -0.25) is 9.59 Å². The van der Waals surface area contributed by atoms with Crippen LogP contribution in [0, 0.1) is 0 Å². The van der Waals surface area contributed by atoms with Gasteiger partial charge in [-0.25, -0.2) is 8.42 Å². The maximum atomic E-state index is 12.5. The van der Waals surface area contributed by atoms with Gasteiger partial charge in [0.1, 0.15) is 12.6 Å². The summed E-state index contributed by atoms with van der Waals surface area (Å²) in [6.07, 6.45) is 1.56. The van der Waals surface area contributed by atoms with Crippen molar-refractivity contribution in [2.75, 3.05) is 18.8 Å². The number of aliphatic carboxylic acids is 1. The Balaban J connectivity index is 2.95. The molecule has 7 nitrogen and oxygen atoms in total.